The van der Waals surface area contributed by atoms with Crippen molar-refractivity contribution < 1.29 is 23.2 Å². The highest BCUT2D eigenvalue weighted by Crippen LogP contribution is 2.38. The van der Waals surface area contributed by atoms with Gasteiger partial charge >= 0.3 is 0 Å². The third-order valence-corrected chi connectivity index (χ3v) is 6.34. The van der Waals surface area contributed by atoms with Crippen molar-refractivity contribution in [2.24, 2.45) is 0 Å². The Kier molecular flexibility index (Phi) is 3.90. The maximum atomic E-state index is 15.4. The van der Waals surface area contributed by atoms with Crippen LogP contribution < -0.4 is 15.5 Å². The molecule has 28 heavy (non-hydrogen) atoms. The van der Waals surface area contributed by atoms with Crippen LogP contribution in [0.25, 0.3) is 0 Å². The largest absolute Gasteiger partial charge is 0.363 e. The van der Waals surface area contributed by atoms with E-state index >= 15 is 4.39 Å². The van der Waals surface area contributed by atoms with Crippen LogP contribution in [-0.2, 0) is 16.1 Å². The number of fused-ring (bicyclic) bond motifs is 4. The van der Waals surface area contributed by atoms with E-state index in [0.29, 0.717) is 6.54 Å². The average Bonchev–Trinajstić information content (AvgIpc) is 3.03. The number of imide groups is 1. The number of rotatable bonds is 2. The highest BCUT2D eigenvalue weighted by Gasteiger charge is 2.43. The molecule has 148 valence electrons. The van der Waals surface area contributed by atoms with Gasteiger partial charge in [0.05, 0.1) is 17.8 Å². The van der Waals surface area contributed by atoms with Gasteiger partial charge in [0.25, 0.3) is 5.91 Å². The molecule has 0 aliphatic carbocycles. The van der Waals surface area contributed by atoms with Crippen LogP contribution in [0, 0.1) is 11.6 Å². The van der Waals surface area contributed by atoms with Crippen molar-refractivity contribution in [3.8, 4) is 0 Å². The number of carbonyl (C=O) groups excluding carboxylic acids is 3. The van der Waals surface area contributed by atoms with Gasteiger partial charge in [-0.2, -0.15) is 0 Å². The zero-order chi connectivity index (χ0) is 19.6. The molecule has 7 nitrogen and oxygen atoms in total. The Labute approximate surface area is 160 Å². The second-order valence-electron chi connectivity index (χ2n) is 7.93. The van der Waals surface area contributed by atoms with E-state index in [9.17, 15) is 18.8 Å². The Bertz CT molecular complexity index is 898. The topological polar surface area (TPSA) is 81.8 Å². The first-order valence-corrected chi connectivity index (χ1v) is 9.59. The first-order valence-electron chi connectivity index (χ1n) is 9.59. The number of halogens is 2. The smallest absolute Gasteiger partial charge is 0.258 e. The van der Waals surface area contributed by atoms with Gasteiger partial charge < -0.3 is 15.1 Å². The van der Waals surface area contributed by atoms with Crippen molar-refractivity contribution in [2.45, 2.75) is 50.4 Å². The summed E-state index contributed by atoms with van der Waals surface area (Å²) in [6.45, 7) is 1.16. The molecule has 3 amide bonds. The van der Waals surface area contributed by atoms with Crippen molar-refractivity contribution in [1.82, 2.24) is 15.5 Å². The summed E-state index contributed by atoms with van der Waals surface area (Å²) in [6, 6.07) is 0.568. The molecule has 4 saturated heterocycles. The molecule has 6 rings (SSSR count). The number of hydrogen-bond acceptors (Lipinski definition) is 5. The molecule has 2 N–H and O–H groups in total. The number of carbonyl (C=O) groups is 3. The molecule has 1 aromatic rings. The summed E-state index contributed by atoms with van der Waals surface area (Å²) < 4.78 is 30.2. The minimum atomic E-state index is -0.893. The molecule has 5 heterocycles. The average molecular weight is 390 g/mol. The maximum Gasteiger partial charge on any atom is 0.258 e. The summed E-state index contributed by atoms with van der Waals surface area (Å²) in [7, 11) is 0. The molecule has 5 aliphatic heterocycles. The van der Waals surface area contributed by atoms with Gasteiger partial charge in [-0.05, 0) is 19.3 Å². The number of nitrogens with one attached hydrogen (secondary N) is 2. The van der Waals surface area contributed by atoms with Crippen LogP contribution in [0.5, 0.6) is 0 Å². The molecule has 0 saturated carbocycles. The molecule has 3 unspecified atom stereocenters. The van der Waals surface area contributed by atoms with E-state index in [-0.39, 0.29) is 48.3 Å². The number of hydrogen-bond donors (Lipinski definition) is 2. The van der Waals surface area contributed by atoms with Gasteiger partial charge in [-0.15, -0.1) is 0 Å². The van der Waals surface area contributed by atoms with Gasteiger partial charge in [-0.1, -0.05) is 0 Å². The molecule has 4 fully saturated rings. The zero-order valence-electron chi connectivity index (χ0n) is 15.1. The first kappa shape index (κ1) is 17.5. The van der Waals surface area contributed by atoms with Crippen LogP contribution in [0.4, 0.5) is 14.5 Å². The Balaban J connectivity index is 1.49. The Hall–Kier alpha value is -2.55. The maximum absolute atomic E-state index is 15.4. The summed E-state index contributed by atoms with van der Waals surface area (Å²) in [5.41, 5.74) is -0.115. The molecule has 5 aliphatic rings. The molecule has 3 atom stereocenters. The third kappa shape index (κ3) is 2.52. The van der Waals surface area contributed by atoms with Crippen LogP contribution in [0.1, 0.15) is 41.6 Å². The molecular formula is C19H20F2N4O3. The Morgan fingerprint density at radius 2 is 1.89 bits per heavy atom. The summed E-state index contributed by atoms with van der Waals surface area (Å²) in [5, 5.41) is 5.57. The fourth-order valence-corrected chi connectivity index (χ4v) is 4.87. The number of amides is 3. The van der Waals surface area contributed by atoms with Gasteiger partial charge in [0, 0.05) is 43.2 Å². The van der Waals surface area contributed by atoms with Crippen molar-refractivity contribution >= 4 is 23.4 Å². The number of piperazine rings is 1. The molecule has 0 aromatic heterocycles. The van der Waals surface area contributed by atoms with E-state index in [1.165, 1.54) is 4.90 Å². The number of nitrogens with zero attached hydrogens (tertiary/aromatic N) is 2. The SMILES string of the molecule is O=C1CCC(N2Cc3c(F)c(N4CC5CCC4CN5)cc(F)c3C2=O)C(=O)N1. The summed E-state index contributed by atoms with van der Waals surface area (Å²) in [6.07, 6.45) is 2.17. The second-order valence-corrected chi connectivity index (χ2v) is 7.93. The minimum Gasteiger partial charge on any atom is -0.363 e. The number of anilines is 1. The van der Waals surface area contributed by atoms with E-state index in [0.717, 1.165) is 25.5 Å². The predicted octanol–water partition coefficient (Wildman–Crippen LogP) is 0.666. The standard InChI is InChI=1S/C19H20F2N4O3/c20-12-5-14(24-7-9-1-2-10(24)6-22-9)17(21)11-8-25(19(28)16(11)12)13-3-4-15(26)23-18(13)27/h5,9-10,13,22H,1-4,6-8H2,(H,23,26,27). The highest BCUT2D eigenvalue weighted by molar-refractivity contribution is 6.05. The van der Waals surface area contributed by atoms with Crippen LogP contribution in [-0.4, -0.2) is 53.8 Å². The quantitative estimate of drug-likeness (QED) is 0.726. The van der Waals surface area contributed by atoms with Crippen molar-refractivity contribution in [1.29, 1.82) is 0 Å². The highest BCUT2D eigenvalue weighted by atomic mass is 19.1. The second kappa shape index (κ2) is 6.23. The summed E-state index contributed by atoms with van der Waals surface area (Å²) in [5.74, 6) is -3.06. The van der Waals surface area contributed by atoms with Crippen molar-refractivity contribution in [3.63, 3.8) is 0 Å². The van der Waals surface area contributed by atoms with Gasteiger partial charge in [0.2, 0.25) is 11.8 Å². The number of benzene rings is 1. The fraction of sp³-hybridized carbons (Fsp3) is 0.526. The lowest BCUT2D eigenvalue weighted by molar-refractivity contribution is -0.136. The van der Waals surface area contributed by atoms with E-state index in [1.54, 1.807) is 0 Å². The van der Waals surface area contributed by atoms with E-state index in [1.807, 2.05) is 4.90 Å². The lowest BCUT2D eigenvalue weighted by Gasteiger charge is -2.47. The Morgan fingerprint density at radius 1 is 1.07 bits per heavy atom. The first-order chi connectivity index (χ1) is 13.4. The van der Waals surface area contributed by atoms with E-state index in [2.05, 4.69) is 10.6 Å². The molecule has 1 aromatic carbocycles. The van der Waals surface area contributed by atoms with Gasteiger partial charge in [0.1, 0.15) is 11.9 Å². The van der Waals surface area contributed by atoms with Gasteiger partial charge in [-0.25, -0.2) is 8.78 Å². The fourth-order valence-electron chi connectivity index (χ4n) is 4.87. The normalized spacial score (nSPS) is 29.4. The van der Waals surface area contributed by atoms with E-state index < -0.39 is 35.4 Å². The summed E-state index contributed by atoms with van der Waals surface area (Å²) in [4.78, 5) is 39.3. The minimum absolute atomic E-state index is 0.000828. The molecule has 2 bridgehead atoms. The lowest BCUT2D eigenvalue weighted by Crippen LogP contribution is -2.61. The van der Waals surface area contributed by atoms with Crippen LogP contribution in [0.15, 0.2) is 6.07 Å². The summed E-state index contributed by atoms with van der Waals surface area (Å²) >= 11 is 0. The molecule has 0 spiro atoms. The third-order valence-electron chi connectivity index (χ3n) is 6.34. The molecule has 9 heteroatoms. The molecular weight excluding hydrogens is 370 g/mol. The predicted molar refractivity (Wildman–Crippen MR) is 94.6 cm³/mol. The zero-order valence-corrected chi connectivity index (χ0v) is 15.1. The Morgan fingerprint density at radius 3 is 2.54 bits per heavy atom. The van der Waals surface area contributed by atoms with Crippen molar-refractivity contribution in [2.75, 3.05) is 18.0 Å². The lowest BCUT2D eigenvalue weighted by atomic mass is 9.92. The molecule has 0 radical (unpaired) electrons. The van der Waals surface area contributed by atoms with Gasteiger partial charge in [-0.3, -0.25) is 19.7 Å². The number of piperidine rings is 3. The van der Waals surface area contributed by atoms with E-state index in [4.69, 9.17) is 0 Å². The van der Waals surface area contributed by atoms with Crippen LogP contribution >= 0.6 is 0 Å². The van der Waals surface area contributed by atoms with Gasteiger partial charge in [0.15, 0.2) is 5.82 Å². The van der Waals surface area contributed by atoms with Crippen LogP contribution in [0.3, 0.4) is 0 Å². The monoisotopic (exact) mass is 390 g/mol. The van der Waals surface area contributed by atoms with Crippen molar-refractivity contribution in [3.05, 3.63) is 28.8 Å². The van der Waals surface area contributed by atoms with Crippen LogP contribution in [0.2, 0.25) is 0 Å².